The number of nitrogens with zero attached hydrogens (tertiary/aromatic N) is 3. The third-order valence-electron chi connectivity index (χ3n) is 2.89. The molecule has 0 radical (unpaired) electrons. The first-order valence-corrected chi connectivity index (χ1v) is 6.45. The Morgan fingerprint density at radius 3 is 3.29 bits per heavy atom. The van der Waals surface area contributed by atoms with E-state index in [-0.39, 0.29) is 0 Å². The summed E-state index contributed by atoms with van der Waals surface area (Å²) in [7, 11) is 0. The zero-order valence-corrected chi connectivity index (χ0v) is 10.9. The van der Waals surface area contributed by atoms with Crippen molar-refractivity contribution in [3.05, 3.63) is 22.8 Å². The van der Waals surface area contributed by atoms with Crippen LogP contribution in [0.15, 0.2) is 22.8 Å². The van der Waals surface area contributed by atoms with Crippen LogP contribution in [0.5, 0.6) is 0 Å². The Hall–Kier alpha value is -1.14. The molecule has 2 aromatic rings. The maximum absolute atomic E-state index is 5.33. The van der Waals surface area contributed by atoms with Crippen molar-refractivity contribution in [2.24, 2.45) is 5.92 Å². The van der Waals surface area contributed by atoms with Crippen molar-refractivity contribution in [1.82, 2.24) is 14.6 Å². The third kappa shape index (κ3) is 2.28. The molecular weight excluding hydrogens is 284 g/mol. The van der Waals surface area contributed by atoms with Gasteiger partial charge in [0.2, 0.25) is 5.95 Å². The first-order chi connectivity index (χ1) is 8.33. The Labute approximate surface area is 107 Å². The van der Waals surface area contributed by atoms with Crippen LogP contribution in [0.1, 0.15) is 6.42 Å². The van der Waals surface area contributed by atoms with Crippen molar-refractivity contribution in [1.29, 1.82) is 0 Å². The van der Waals surface area contributed by atoms with Crippen LogP contribution in [0.4, 0.5) is 5.95 Å². The summed E-state index contributed by atoms with van der Waals surface area (Å²) in [6, 6.07) is 3.89. The quantitative estimate of drug-likeness (QED) is 0.940. The average Bonchev–Trinajstić information content (AvgIpc) is 2.95. The number of hydrogen-bond acceptors (Lipinski definition) is 4. The van der Waals surface area contributed by atoms with Crippen LogP contribution in [0.25, 0.3) is 5.65 Å². The largest absolute Gasteiger partial charge is 0.381 e. The second-order valence-corrected chi connectivity index (χ2v) is 5.02. The lowest BCUT2D eigenvalue weighted by Crippen LogP contribution is -2.14. The molecule has 1 fully saturated rings. The fourth-order valence-electron chi connectivity index (χ4n) is 1.93. The summed E-state index contributed by atoms with van der Waals surface area (Å²) in [4.78, 5) is 4.43. The third-order valence-corrected chi connectivity index (χ3v) is 3.51. The van der Waals surface area contributed by atoms with Gasteiger partial charge in [-0.15, -0.1) is 5.10 Å². The normalized spacial score (nSPS) is 19.9. The van der Waals surface area contributed by atoms with Crippen molar-refractivity contribution >= 4 is 27.5 Å². The monoisotopic (exact) mass is 296 g/mol. The Morgan fingerprint density at radius 2 is 2.53 bits per heavy atom. The summed E-state index contributed by atoms with van der Waals surface area (Å²) in [5, 5.41) is 7.62. The number of fused-ring (bicyclic) bond motifs is 1. The van der Waals surface area contributed by atoms with E-state index in [0.29, 0.717) is 11.9 Å². The average molecular weight is 297 g/mol. The highest BCUT2D eigenvalue weighted by Crippen LogP contribution is 2.17. The molecule has 0 aliphatic carbocycles. The van der Waals surface area contributed by atoms with E-state index >= 15 is 0 Å². The van der Waals surface area contributed by atoms with E-state index in [4.69, 9.17) is 4.74 Å². The van der Waals surface area contributed by atoms with Crippen molar-refractivity contribution in [3.63, 3.8) is 0 Å². The minimum Gasteiger partial charge on any atom is -0.381 e. The Kier molecular flexibility index (Phi) is 2.98. The van der Waals surface area contributed by atoms with Crippen molar-refractivity contribution in [2.75, 3.05) is 25.1 Å². The molecule has 3 heterocycles. The van der Waals surface area contributed by atoms with Crippen molar-refractivity contribution < 1.29 is 4.74 Å². The number of aromatic nitrogens is 3. The molecular formula is C11H13BrN4O. The molecule has 1 aliphatic rings. The van der Waals surface area contributed by atoms with E-state index < -0.39 is 0 Å². The highest BCUT2D eigenvalue weighted by atomic mass is 79.9. The highest BCUT2D eigenvalue weighted by molar-refractivity contribution is 9.10. The second kappa shape index (κ2) is 4.62. The minimum atomic E-state index is 0.574. The van der Waals surface area contributed by atoms with Gasteiger partial charge >= 0.3 is 0 Å². The Morgan fingerprint density at radius 1 is 1.59 bits per heavy atom. The molecule has 1 atom stereocenters. The van der Waals surface area contributed by atoms with Crippen LogP contribution in [0.2, 0.25) is 0 Å². The van der Waals surface area contributed by atoms with Gasteiger partial charge in [-0.25, -0.2) is 4.52 Å². The Balaban J connectivity index is 1.74. The zero-order chi connectivity index (χ0) is 11.7. The molecule has 1 saturated heterocycles. The topological polar surface area (TPSA) is 51.5 Å². The number of rotatable bonds is 3. The molecule has 0 saturated carbocycles. The number of anilines is 1. The van der Waals surface area contributed by atoms with Crippen LogP contribution in [0.3, 0.4) is 0 Å². The summed E-state index contributed by atoms with van der Waals surface area (Å²) >= 11 is 3.46. The number of nitrogens with one attached hydrogen (secondary N) is 1. The van der Waals surface area contributed by atoms with E-state index in [1.165, 1.54) is 0 Å². The van der Waals surface area contributed by atoms with E-state index in [0.717, 1.165) is 36.3 Å². The van der Waals surface area contributed by atoms with Crippen LogP contribution in [-0.4, -0.2) is 34.4 Å². The maximum atomic E-state index is 5.33. The van der Waals surface area contributed by atoms with Crippen LogP contribution < -0.4 is 5.32 Å². The predicted molar refractivity (Wildman–Crippen MR) is 68.1 cm³/mol. The van der Waals surface area contributed by atoms with Gasteiger partial charge in [0, 0.05) is 25.3 Å². The van der Waals surface area contributed by atoms with Crippen molar-refractivity contribution in [3.8, 4) is 0 Å². The number of hydrogen-bond donors (Lipinski definition) is 1. The zero-order valence-electron chi connectivity index (χ0n) is 9.27. The van der Waals surface area contributed by atoms with Gasteiger partial charge in [0.15, 0.2) is 5.65 Å². The highest BCUT2D eigenvalue weighted by Gasteiger charge is 2.16. The predicted octanol–water partition coefficient (Wildman–Crippen LogP) is 1.94. The standard InChI is InChI=1S/C11H13BrN4O/c12-9-2-1-4-16-10(9)14-11(15-16)13-6-8-3-5-17-7-8/h1-2,4,8H,3,5-7H2,(H,13,15). The fourth-order valence-corrected chi connectivity index (χ4v) is 2.35. The molecule has 1 unspecified atom stereocenters. The molecule has 0 spiro atoms. The lowest BCUT2D eigenvalue weighted by molar-refractivity contribution is 0.187. The number of halogens is 1. The maximum Gasteiger partial charge on any atom is 0.243 e. The second-order valence-electron chi connectivity index (χ2n) is 4.17. The van der Waals surface area contributed by atoms with Gasteiger partial charge in [0.05, 0.1) is 11.1 Å². The first kappa shape index (κ1) is 11.0. The van der Waals surface area contributed by atoms with Gasteiger partial charge in [0.25, 0.3) is 0 Å². The molecule has 1 aliphatic heterocycles. The summed E-state index contributed by atoms with van der Waals surface area (Å²) in [6.07, 6.45) is 3.00. The molecule has 0 amide bonds. The SMILES string of the molecule is Brc1cccn2nc(NCC3CCOC3)nc12. The van der Waals surface area contributed by atoms with Crippen molar-refractivity contribution in [2.45, 2.75) is 6.42 Å². The van der Waals surface area contributed by atoms with E-state index in [2.05, 4.69) is 31.3 Å². The van der Waals surface area contributed by atoms with Gasteiger partial charge in [-0.2, -0.15) is 4.98 Å². The lowest BCUT2D eigenvalue weighted by atomic mass is 10.1. The lowest BCUT2D eigenvalue weighted by Gasteiger charge is -2.06. The summed E-state index contributed by atoms with van der Waals surface area (Å²) in [5.41, 5.74) is 0.831. The van der Waals surface area contributed by atoms with Gasteiger partial charge in [0.1, 0.15) is 0 Å². The summed E-state index contributed by atoms with van der Waals surface area (Å²) < 4.78 is 8.04. The summed E-state index contributed by atoms with van der Waals surface area (Å²) in [5.74, 6) is 1.24. The van der Waals surface area contributed by atoms with Gasteiger partial charge in [-0.05, 0) is 34.5 Å². The van der Waals surface area contributed by atoms with Gasteiger partial charge < -0.3 is 10.1 Å². The molecule has 2 aromatic heterocycles. The molecule has 3 rings (SSSR count). The van der Waals surface area contributed by atoms with E-state index in [9.17, 15) is 0 Å². The van der Waals surface area contributed by atoms with Crippen LogP contribution in [0, 0.1) is 5.92 Å². The van der Waals surface area contributed by atoms with E-state index in [1.54, 1.807) is 4.52 Å². The van der Waals surface area contributed by atoms with E-state index in [1.807, 2.05) is 18.3 Å². The molecule has 17 heavy (non-hydrogen) atoms. The first-order valence-electron chi connectivity index (χ1n) is 5.65. The van der Waals surface area contributed by atoms with Crippen LogP contribution >= 0.6 is 15.9 Å². The minimum absolute atomic E-state index is 0.574. The Bertz CT molecular complexity index is 521. The molecule has 1 N–H and O–H groups in total. The molecule has 6 heteroatoms. The number of pyridine rings is 1. The van der Waals surface area contributed by atoms with Gasteiger partial charge in [-0.1, -0.05) is 0 Å². The van der Waals surface area contributed by atoms with Crippen LogP contribution in [-0.2, 0) is 4.74 Å². The summed E-state index contributed by atoms with van der Waals surface area (Å²) in [6.45, 7) is 2.58. The molecule has 5 nitrogen and oxygen atoms in total. The molecule has 0 aromatic carbocycles. The van der Waals surface area contributed by atoms with Gasteiger partial charge in [-0.3, -0.25) is 0 Å². The fraction of sp³-hybridized carbons (Fsp3) is 0.455. The number of ether oxygens (including phenoxy) is 1. The molecule has 90 valence electrons. The molecule has 0 bridgehead atoms. The smallest absolute Gasteiger partial charge is 0.243 e.